The molecular formula is C18H24F3NO4S. The Morgan fingerprint density at radius 1 is 1.22 bits per heavy atom. The van der Waals surface area contributed by atoms with Crippen LogP contribution in [0.1, 0.15) is 38.5 Å². The normalized spacial score (nSPS) is 20.9. The summed E-state index contributed by atoms with van der Waals surface area (Å²) in [6.45, 7) is 0.251. The number of hydrogen-bond acceptors (Lipinski definition) is 4. The van der Waals surface area contributed by atoms with E-state index in [1.54, 1.807) is 0 Å². The van der Waals surface area contributed by atoms with E-state index >= 15 is 0 Å². The van der Waals surface area contributed by atoms with Crippen molar-refractivity contribution in [2.75, 3.05) is 12.9 Å². The Hall–Kier alpha value is -1.77. The van der Waals surface area contributed by atoms with Crippen LogP contribution in [0.25, 0.3) is 0 Å². The summed E-state index contributed by atoms with van der Waals surface area (Å²) in [7, 11) is -3.26. The van der Waals surface area contributed by atoms with E-state index in [0.29, 0.717) is 25.0 Å². The van der Waals surface area contributed by atoms with E-state index in [0.717, 1.165) is 6.26 Å². The van der Waals surface area contributed by atoms with Gasteiger partial charge < -0.3 is 10.1 Å². The van der Waals surface area contributed by atoms with Crippen LogP contribution in [-0.2, 0) is 14.6 Å². The van der Waals surface area contributed by atoms with Gasteiger partial charge in [-0.3, -0.25) is 4.79 Å². The number of sulfone groups is 1. The molecule has 1 aromatic carbocycles. The fraction of sp³-hybridized carbons (Fsp3) is 0.611. The van der Waals surface area contributed by atoms with E-state index in [-0.39, 0.29) is 36.7 Å². The van der Waals surface area contributed by atoms with E-state index in [2.05, 4.69) is 5.32 Å². The number of carbonyl (C=O) groups is 1. The van der Waals surface area contributed by atoms with Crippen molar-refractivity contribution in [1.29, 1.82) is 0 Å². The molecule has 1 N–H and O–H groups in total. The lowest BCUT2D eigenvalue weighted by Crippen LogP contribution is -2.41. The van der Waals surface area contributed by atoms with Crippen molar-refractivity contribution < 1.29 is 31.1 Å². The topological polar surface area (TPSA) is 72.5 Å². The molecule has 1 aliphatic carbocycles. The van der Waals surface area contributed by atoms with Gasteiger partial charge in [0.05, 0.1) is 17.4 Å². The number of hydrogen-bond donors (Lipinski definition) is 1. The molecule has 1 fully saturated rings. The van der Waals surface area contributed by atoms with Gasteiger partial charge in [0.1, 0.15) is 5.75 Å². The standard InChI is InChI=1S/C18H24F3NO4S/c1-27(24,25)16-9-7-15(8-10-16)26-11-3-6-17(23)22-14-5-2-4-13(12-14)18(19,20)21/h7-10,13-14H,2-6,11-12H2,1H3,(H,22,23). The number of halogens is 3. The van der Waals surface area contributed by atoms with E-state index in [9.17, 15) is 26.4 Å². The van der Waals surface area contributed by atoms with Gasteiger partial charge in [-0.05, 0) is 49.9 Å². The molecule has 2 atom stereocenters. The van der Waals surface area contributed by atoms with E-state index in [4.69, 9.17) is 4.74 Å². The molecule has 5 nitrogen and oxygen atoms in total. The Morgan fingerprint density at radius 3 is 2.48 bits per heavy atom. The van der Waals surface area contributed by atoms with E-state index in [1.807, 2.05) is 0 Å². The predicted octanol–water partition coefficient (Wildman–Crippen LogP) is 3.49. The molecule has 1 aromatic rings. The van der Waals surface area contributed by atoms with Gasteiger partial charge in [0.15, 0.2) is 9.84 Å². The van der Waals surface area contributed by atoms with Crippen molar-refractivity contribution >= 4 is 15.7 Å². The summed E-state index contributed by atoms with van der Waals surface area (Å²) in [5.41, 5.74) is 0. The van der Waals surface area contributed by atoms with Gasteiger partial charge in [-0.2, -0.15) is 13.2 Å². The van der Waals surface area contributed by atoms with Crippen molar-refractivity contribution in [2.45, 2.75) is 55.6 Å². The lowest BCUT2D eigenvalue weighted by molar-refractivity contribution is -0.184. The Bertz CT molecular complexity index is 732. The summed E-state index contributed by atoms with van der Waals surface area (Å²) in [5, 5.41) is 2.68. The monoisotopic (exact) mass is 407 g/mol. The van der Waals surface area contributed by atoms with Gasteiger partial charge >= 0.3 is 6.18 Å². The molecule has 0 bridgehead atoms. The molecule has 1 aliphatic rings. The summed E-state index contributed by atoms with van der Waals surface area (Å²) in [4.78, 5) is 12.1. The van der Waals surface area contributed by atoms with Gasteiger partial charge in [0, 0.05) is 18.7 Å². The first-order valence-corrected chi connectivity index (χ1v) is 10.7. The van der Waals surface area contributed by atoms with Crippen LogP contribution in [0.2, 0.25) is 0 Å². The second-order valence-electron chi connectivity index (χ2n) is 6.87. The van der Waals surface area contributed by atoms with Crippen molar-refractivity contribution in [3.05, 3.63) is 24.3 Å². The van der Waals surface area contributed by atoms with Crippen LogP contribution in [0.15, 0.2) is 29.2 Å². The number of rotatable bonds is 7. The van der Waals surface area contributed by atoms with Crippen LogP contribution < -0.4 is 10.1 Å². The molecule has 2 rings (SSSR count). The minimum atomic E-state index is -4.20. The number of alkyl halides is 3. The van der Waals surface area contributed by atoms with Crippen LogP contribution in [0.3, 0.4) is 0 Å². The van der Waals surface area contributed by atoms with Crippen LogP contribution >= 0.6 is 0 Å². The minimum absolute atomic E-state index is 0.0571. The zero-order chi connectivity index (χ0) is 20.1. The summed E-state index contributed by atoms with van der Waals surface area (Å²) in [6.07, 6.45) is -1.41. The van der Waals surface area contributed by atoms with Gasteiger partial charge in [0.2, 0.25) is 5.91 Å². The second-order valence-corrected chi connectivity index (χ2v) is 8.88. The molecule has 2 unspecified atom stereocenters. The molecule has 0 heterocycles. The zero-order valence-electron chi connectivity index (χ0n) is 15.1. The van der Waals surface area contributed by atoms with Crippen LogP contribution in [0.5, 0.6) is 5.75 Å². The predicted molar refractivity (Wildman–Crippen MR) is 94.2 cm³/mol. The number of carbonyl (C=O) groups excluding carboxylic acids is 1. The SMILES string of the molecule is CS(=O)(=O)c1ccc(OCCCC(=O)NC2CCCC(C(F)(F)F)C2)cc1. The first-order chi connectivity index (χ1) is 12.6. The number of ether oxygens (including phenoxy) is 1. The first kappa shape index (κ1) is 21.5. The van der Waals surface area contributed by atoms with E-state index in [1.165, 1.54) is 24.3 Å². The van der Waals surface area contributed by atoms with Crippen LogP contribution in [0, 0.1) is 5.92 Å². The third kappa shape index (κ3) is 7.04. The van der Waals surface area contributed by atoms with Gasteiger partial charge in [-0.25, -0.2) is 8.42 Å². The quantitative estimate of drug-likeness (QED) is 0.703. The van der Waals surface area contributed by atoms with Crippen molar-refractivity contribution in [3.8, 4) is 5.75 Å². The highest BCUT2D eigenvalue weighted by Crippen LogP contribution is 2.37. The average molecular weight is 407 g/mol. The molecule has 152 valence electrons. The van der Waals surface area contributed by atoms with Gasteiger partial charge in [-0.15, -0.1) is 0 Å². The smallest absolute Gasteiger partial charge is 0.391 e. The Labute approximate surface area is 157 Å². The van der Waals surface area contributed by atoms with Crippen LogP contribution in [-0.4, -0.2) is 39.4 Å². The highest BCUT2D eigenvalue weighted by molar-refractivity contribution is 7.90. The lowest BCUT2D eigenvalue weighted by Gasteiger charge is -2.31. The lowest BCUT2D eigenvalue weighted by atomic mass is 9.85. The minimum Gasteiger partial charge on any atom is -0.494 e. The molecule has 9 heteroatoms. The second kappa shape index (κ2) is 8.95. The van der Waals surface area contributed by atoms with Crippen LogP contribution in [0.4, 0.5) is 13.2 Å². The molecule has 0 radical (unpaired) electrons. The maximum Gasteiger partial charge on any atom is 0.391 e. The van der Waals surface area contributed by atoms with E-state index < -0.39 is 28.0 Å². The Morgan fingerprint density at radius 2 is 1.89 bits per heavy atom. The molecule has 0 aromatic heterocycles. The number of benzene rings is 1. The summed E-state index contributed by atoms with van der Waals surface area (Å²) in [6, 6.07) is 5.53. The third-order valence-electron chi connectivity index (χ3n) is 4.57. The fourth-order valence-electron chi connectivity index (χ4n) is 3.12. The molecule has 0 saturated heterocycles. The maximum absolute atomic E-state index is 12.8. The van der Waals surface area contributed by atoms with Crippen molar-refractivity contribution in [3.63, 3.8) is 0 Å². The molecule has 27 heavy (non-hydrogen) atoms. The number of amides is 1. The van der Waals surface area contributed by atoms with Gasteiger partial charge in [-0.1, -0.05) is 6.42 Å². The molecule has 1 saturated carbocycles. The molecule has 0 aliphatic heterocycles. The zero-order valence-corrected chi connectivity index (χ0v) is 15.9. The highest BCUT2D eigenvalue weighted by atomic mass is 32.2. The number of nitrogens with one attached hydrogen (secondary N) is 1. The molecule has 0 spiro atoms. The average Bonchev–Trinajstić information content (AvgIpc) is 2.58. The summed E-state index contributed by atoms with van der Waals surface area (Å²) >= 11 is 0. The third-order valence-corrected chi connectivity index (χ3v) is 5.70. The highest BCUT2D eigenvalue weighted by Gasteiger charge is 2.42. The molecular weight excluding hydrogens is 383 g/mol. The van der Waals surface area contributed by atoms with Crippen molar-refractivity contribution in [2.24, 2.45) is 5.92 Å². The molecule has 1 amide bonds. The summed E-state index contributed by atoms with van der Waals surface area (Å²) in [5.74, 6) is -1.13. The largest absolute Gasteiger partial charge is 0.494 e. The first-order valence-electron chi connectivity index (χ1n) is 8.84. The van der Waals surface area contributed by atoms with Crippen molar-refractivity contribution in [1.82, 2.24) is 5.32 Å². The maximum atomic E-state index is 12.8. The Kier molecular flexibility index (Phi) is 7.13. The fourth-order valence-corrected chi connectivity index (χ4v) is 3.75. The Balaban J connectivity index is 1.69. The van der Waals surface area contributed by atoms with Gasteiger partial charge in [0.25, 0.3) is 0 Å². The summed E-state index contributed by atoms with van der Waals surface area (Å²) < 4.78 is 66.6.